The summed E-state index contributed by atoms with van der Waals surface area (Å²) in [7, 11) is 0. The second kappa shape index (κ2) is 7.19. The Hall–Kier alpha value is -2.22. The van der Waals surface area contributed by atoms with E-state index in [0.717, 1.165) is 0 Å². The van der Waals surface area contributed by atoms with Gasteiger partial charge in [0, 0.05) is 31.3 Å². The number of ether oxygens (including phenoxy) is 2. The molecule has 0 bridgehead atoms. The molecule has 3 heterocycles. The molecular formula is C19H20N2O4S. The van der Waals surface area contributed by atoms with E-state index >= 15 is 0 Å². The molecule has 2 amide bonds. The lowest BCUT2D eigenvalue weighted by atomic mass is 10.0. The standard InChI is InChI=1S/C19H20N2O4S/c22-17(14-5-12-26-13-14)20-16-4-2-1-3-15(16)18(23)21-8-6-19(7-9-21)24-10-11-25-19/h1-5,12-13H,6-11H2,(H,20,22). The summed E-state index contributed by atoms with van der Waals surface area (Å²) < 4.78 is 11.4. The third-order valence-electron chi connectivity index (χ3n) is 4.82. The van der Waals surface area contributed by atoms with E-state index in [-0.39, 0.29) is 11.8 Å². The van der Waals surface area contributed by atoms with E-state index in [1.807, 2.05) is 17.5 Å². The molecule has 1 spiro atoms. The lowest BCUT2D eigenvalue weighted by molar-refractivity contribution is -0.181. The van der Waals surface area contributed by atoms with Crippen molar-refractivity contribution in [2.75, 3.05) is 31.6 Å². The molecule has 2 aliphatic rings. The molecule has 2 saturated heterocycles. The maximum absolute atomic E-state index is 13.0. The average molecular weight is 372 g/mol. The van der Waals surface area contributed by atoms with Gasteiger partial charge in [0.05, 0.1) is 30.0 Å². The van der Waals surface area contributed by atoms with Crippen molar-refractivity contribution in [3.05, 3.63) is 52.2 Å². The highest BCUT2D eigenvalue weighted by molar-refractivity contribution is 7.08. The minimum Gasteiger partial charge on any atom is -0.347 e. The molecule has 0 saturated carbocycles. The third-order valence-corrected chi connectivity index (χ3v) is 5.50. The molecule has 6 nitrogen and oxygen atoms in total. The van der Waals surface area contributed by atoms with Crippen LogP contribution in [-0.4, -0.2) is 48.8 Å². The zero-order valence-electron chi connectivity index (χ0n) is 14.3. The van der Waals surface area contributed by atoms with Gasteiger partial charge in [-0.05, 0) is 23.6 Å². The number of likely N-dealkylation sites (tertiary alicyclic amines) is 1. The summed E-state index contributed by atoms with van der Waals surface area (Å²) in [5, 5.41) is 6.49. The molecule has 26 heavy (non-hydrogen) atoms. The summed E-state index contributed by atoms with van der Waals surface area (Å²) in [5.74, 6) is -0.806. The molecule has 0 aliphatic carbocycles. The lowest BCUT2D eigenvalue weighted by Gasteiger charge is -2.37. The van der Waals surface area contributed by atoms with Crippen molar-refractivity contribution >= 4 is 28.8 Å². The number of thiophene rings is 1. The molecule has 1 aromatic heterocycles. The minimum absolute atomic E-state index is 0.0842. The summed E-state index contributed by atoms with van der Waals surface area (Å²) in [6, 6.07) is 8.88. The van der Waals surface area contributed by atoms with Gasteiger partial charge in [0.2, 0.25) is 0 Å². The molecule has 2 aromatic rings. The number of anilines is 1. The molecule has 1 N–H and O–H groups in total. The monoisotopic (exact) mass is 372 g/mol. The molecule has 2 aliphatic heterocycles. The fourth-order valence-electron chi connectivity index (χ4n) is 3.37. The van der Waals surface area contributed by atoms with Crippen molar-refractivity contribution in [1.82, 2.24) is 4.90 Å². The Morgan fingerprint density at radius 1 is 1.08 bits per heavy atom. The zero-order valence-corrected chi connectivity index (χ0v) is 15.1. The predicted molar refractivity (Wildman–Crippen MR) is 98.5 cm³/mol. The Morgan fingerprint density at radius 3 is 2.50 bits per heavy atom. The maximum Gasteiger partial charge on any atom is 0.256 e. The van der Waals surface area contributed by atoms with Gasteiger partial charge in [-0.3, -0.25) is 9.59 Å². The third kappa shape index (κ3) is 3.38. The average Bonchev–Trinajstić information content (AvgIpc) is 3.35. The van der Waals surface area contributed by atoms with E-state index in [2.05, 4.69) is 5.32 Å². The molecule has 0 radical (unpaired) electrons. The largest absolute Gasteiger partial charge is 0.347 e. The van der Waals surface area contributed by atoms with Gasteiger partial charge in [0.15, 0.2) is 5.79 Å². The number of amides is 2. The Labute approximate surface area is 155 Å². The number of nitrogens with one attached hydrogen (secondary N) is 1. The van der Waals surface area contributed by atoms with Crippen LogP contribution in [0.3, 0.4) is 0 Å². The molecular weight excluding hydrogens is 352 g/mol. The van der Waals surface area contributed by atoms with Gasteiger partial charge in [-0.25, -0.2) is 0 Å². The summed E-state index contributed by atoms with van der Waals surface area (Å²) in [4.78, 5) is 27.1. The van der Waals surface area contributed by atoms with Crippen LogP contribution in [0, 0.1) is 0 Å². The van der Waals surface area contributed by atoms with E-state index in [1.165, 1.54) is 11.3 Å². The fraction of sp³-hybridized carbons (Fsp3) is 0.368. The van der Waals surface area contributed by atoms with E-state index in [0.29, 0.717) is 56.0 Å². The van der Waals surface area contributed by atoms with Gasteiger partial charge >= 0.3 is 0 Å². The first-order valence-electron chi connectivity index (χ1n) is 8.67. The highest BCUT2D eigenvalue weighted by Gasteiger charge is 2.41. The van der Waals surface area contributed by atoms with E-state index in [1.54, 1.807) is 28.5 Å². The first-order valence-corrected chi connectivity index (χ1v) is 9.61. The highest BCUT2D eigenvalue weighted by atomic mass is 32.1. The van der Waals surface area contributed by atoms with Crippen LogP contribution >= 0.6 is 11.3 Å². The highest BCUT2D eigenvalue weighted by Crippen LogP contribution is 2.32. The topological polar surface area (TPSA) is 67.9 Å². The van der Waals surface area contributed by atoms with Crippen molar-refractivity contribution in [3.8, 4) is 0 Å². The second-order valence-corrected chi connectivity index (χ2v) is 7.19. The van der Waals surface area contributed by atoms with Gasteiger partial charge in [-0.2, -0.15) is 11.3 Å². The Morgan fingerprint density at radius 2 is 1.81 bits per heavy atom. The number of carbonyl (C=O) groups excluding carboxylic acids is 2. The van der Waals surface area contributed by atoms with Crippen molar-refractivity contribution in [2.24, 2.45) is 0 Å². The van der Waals surface area contributed by atoms with Gasteiger partial charge in [-0.15, -0.1) is 0 Å². The molecule has 1 aromatic carbocycles. The predicted octanol–water partition coefficient (Wildman–Crippen LogP) is 2.98. The maximum atomic E-state index is 13.0. The molecule has 0 unspecified atom stereocenters. The summed E-state index contributed by atoms with van der Waals surface area (Å²) in [6.45, 7) is 2.38. The quantitative estimate of drug-likeness (QED) is 0.899. The molecule has 0 atom stereocenters. The van der Waals surface area contributed by atoms with Crippen molar-refractivity contribution < 1.29 is 19.1 Å². The van der Waals surface area contributed by atoms with Crippen LogP contribution in [0.25, 0.3) is 0 Å². The number of carbonyl (C=O) groups is 2. The van der Waals surface area contributed by atoms with Crippen LogP contribution in [0.4, 0.5) is 5.69 Å². The number of rotatable bonds is 3. The van der Waals surface area contributed by atoms with Crippen LogP contribution in [0.2, 0.25) is 0 Å². The fourth-order valence-corrected chi connectivity index (χ4v) is 4.01. The number of benzene rings is 1. The van der Waals surface area contributed by atoms with E-state index < -0.39 is 5.79 Å². The molecule has 7 heteroatoms. The minimum atomic E-state index is -0.510. The Balaban J connectivity index is 1.47. The van der Waals surface area contributed by atoms with Crippen LogP contribution in [0.1, 0.15) is 33.6 Å². The molecule has 136 valence electrons. The summed E-state index contributed by atoms with van der Waals surface area (Å²) in [6.07, 6.45) is 1.34. The van der Waals surface area contributed by atoms with Gasteiger partial charge in [0.25, 0.3) is 11.8 Å². The first kappa shape index (κ1) is 17.2. The Bertz CT molecular complexity index is 790. The van der Waals surface area contributed by atoms with Crippen LogP contribution < -0.4 is 5.32 Å². The van der Waals surface area contributed by atoms with E-state index in [9.17, 15) is 9.59 Å². The summed E-state index contributed by atoms with van der Waals surface area (Å²) >= 11 is 1.46. The van der Waals surface area contributed by atoms with E-state index in [4.69, 9.17) is 9.47 Å². The van der Waals surface area contributed by atoms with Crippen molar-refractivity contribution in [3.63, 3.8) is 0 Å². The number of hydrogen-bond donors (Lipinski definition) is 1. The number of piperidine rings is 1. The first-order chi connectivity index (χ1) is 12.7. The molecule has 2 fully saturated rings. The zero-order chi connectivity index (χ0) is 18.0. The van der Waals surface area contributed by atoms with Crippen LogP contribution in [-0.2, 0) is 9.47 Å². The van der Waals surface area contributed by atoms with Gasteiger partial charge in [-0.1, -0.05) is 12.1 Å². The van der Waals surface area contributed by atoms with Gasteiger partial charge < -0.3 is 19.7 Å². The smallest absolute Gasteiger partial charge is 0.256 e. The number of hydrogen-bond acceptors (Lipinski definition) is 5. The Kier molecular flexibility index (Phi) is 4.76. The SMILES string of the molecule is O=C(Nc1ccccc1C(=O)N1CCC2(CC1)OCCO2)c1ccsc1. The lowest BCUT2D eigenvalue weighted by Crippen LogP contribution is -2.47. The van der Waals surface area contributed by atoms with Crippen molar-refractivity contribution in [2.45, 2.75) is 18.6 Å². The van der Waals surface area contributed by atoms with Crippen LogP contribution in [0.5, 0.6) is 0 Å². The normalized spacial score (nSPS) is 18.8. The van der Waals surface area contributed by atoms with Gasteiger partial charge in [0.1, 0.15) is 0 Å². The number of para-hydroxylation sites is 1. The molecule has 4 rings (SSSR count). The van der Waals surface area contributed by atoms with Crippen LogP contribution in [0.15, 0.2) is 41.1 Å². The summed E-state index contributed by atoms with van der Waals surface area (Å²) in [5.41, 5.74) is 1.62. The second-order valence-electron chi connectivity index (χ2n) is 6.41. The van der Waals surface area contributed by atoms with Crippen molar-refractivity contribution in [1.29, 1.82) is 0 Å². The number of nitrogens with zero attached hydrogens (tertiary/aromatic N) is 1.